The molecule has 2 rings (SSSR count). The highest BCUT2D eigenvalue weighted by Crippen LogP contribution is 2.18. The van der Waals surface area contributed by atoms with Crippen molar-refractivity contribution < 1.29 is 9.21 Å². The van der Waals surface area contributed by atoms with Crippen molar-refractivity contribution in [3.63, 3.8) is 0 Å². The van der Waals surface area contributed by atoms with Gasteiger partial charge < -0.3 is 14.6 Å². The van der Waals surface area contributed by atoms with Crippen molar-refractivity contribution in [2.45, 2.75) is 20.4 Å². The molecule has 1 aromatic carbocycles. The minimum Gasteiger partial charge on any atom is -0.464 e. The Morgan fingerprint density at radius 2 is 2.00 bits per heavy atom. The van der Waals surface area contributed by atoms with Crippen LogP contribution in [0.3, 0.4) is 0 Å². The van der Waals surface area contributed by atoms with Gasteiger partial charge in [-0.3, -0.25) is 4.79 Å². The average Bonchev–Trinajstić information content (AvgIpc) is 2.84. The molecule has 2 aromatic rings. The van der Waals surface area contributed by atoms with Gasteiger partial charge in [-0.15, -0.1) is 0 Å². The van der Waals surface area contributed by atoms with E-state index in [0.29, 0.717) is 12.1 Å². The molecule has 0 saturated carbocycles. The van der Waals surface area contributed by atoms with Crippen molar-refractivity contribution >= 4 is 11.6 Å². The highest BCUT2D eigenvalue weighted by atomic mass is 16.3. The molecule has 106 valence electrons. The Morgan fingerprint density at radius 1 is 1.25 bits per heavy atom. The molecule has 0 bridgehead atoms. The number of carbonyl (C=O) groups is 1. The zero-order valence-corrected chi connectivity index (χ0v) is 12.1. The van der Waals surface area contributed by atoms with Crippen LogP contribution < -0.4 is 5.32 Å². The lowest BCUT2D eigenvalue weighted by Gasteiger charge is -2.18. The molecule has 0 aliphatic heterocycles. The van der Waals surface area contributed by atoms with E-state index in [-0.39, 0.29) is 5.91 Å². The van der Waals surface area contributed by atoms with Crippen LogP contribution in [0.2, 0.25) is 0 Å². The van der Waals surface area contributed by atoms with Gasteiger partial charge in [0.1, 0.15) is 11.5 Å². The second-order valence-corrected chi connectivity index (χ2v) is 4.75. The van der Waals surface area contributed by atoms with E-state index in [4.69, 9.17) is 4.42 Å². The first kappa shape index (κ1) is 14.2. The van der Waals surface area contributed by atoms with Crippen LogP contribution in [0, 0.1) is 6.92 Å². The molecule has 1 heterocycles. The highest BCUT2D eigenvalue weighted by Gasteiger charge is 2.16. The molecule has 1 N–H and O–H groups in total. The second-order valence-electron chi connectivity index (χ2n) is 4.75. The van der Waals surface area contributed by atoms with Gasteiger partial charge in [0.2, 0.25) is 0 Å². The standard InChI is InChI=1S/C16H20N2O2/c1-4-17-15-8-6-5-7-14(15)16(19)18(3)11-13-10-9-12(2)20-13/h5-10,17H,4,11H2,1-3H3. The fraction of sp³-hybridized carbons (Fsp3) is 0.312. The number of carbonyl (C=O) groups excluding carboxylic acids is 1. The van der Waals surface area contributed by atoms with Crippen LogP contribution in [0.5, 0.6) is 0 Å². The highest BCUT2D eigenvalue weighted by molar-refractivity contribution is 5.99. The number of benzene rings is 1. The first-order valence-corrected chi connectivity index (χ1v) is 6.75. The quantitative estimate of drug-likeness (QED) is 0.908. The first-order chi connectivity index (χ1) is 9.61. The number of furan rings is 1. The Labute approximate surface area is 119 Å². The summed E-state index contributed by atoms with van der Waals surface area (Å²) in [6, 6.07) is 11.4. The van der Waals surface area contributed by atoms with Gasteiger partial charge >= 0.3 is 0 Å². The van der Waals surface area contributed by atoms with Crippen molar-refractivity contribution in [1.82, 2.24) is 4.90 Å². The van der Waals surface area contributed by atoms with Gasteiger partial charge in [-0.25, -0.2) is 0 Å². The summed E-state index contributed by atoms with van der Waals surface area (Å²) in [6.07, 6.45) is 0. The summed E-state index contributed by atoms with van der Waals surface area (Å²) in [4.78, 5) is 14.2. The maximum absolute atomic E-state index is 12.5. The molecule has 4 nitrogen and oxygen atoms in total. The smallest absolute Gasteiger partial charge is 0.256 e. The predicted octanol–water partition coefficient (Wildman–Crippen LogP) is 3.29. The van der Waals surface area contributed by atoms with Crippen molar-refractivity contribution in [3.05, 3.63) is 53.5 Å². The van der Waals surface area contributed by atoms with E-state index in [1.807, 2.05) is 50.2 Å². The lowest BCUT2D eigenvalue weighted by molar-refractivity contribution is 0.0776. The summed E-state index contributed by atoms with van der Waals surface area (Å²) in [6.45, 7) is 5.15. The van der Waals surface area contributed by atoms with Crippen LogP contribution in [0.4, 0.5) is 5.69 Å². The third-order valence-electron chi connectivity index (χ3n) is 3.06. The summed E-state index contributed by atoms with van der Waals surface area (Å²) in [7, 11) is 1.78. The number of rotatable bonds is 5. The van der Waals surface area contributed by atoms with E-state index in [9.17, 15) is 4.79 Å². The molecule has 0 aliphatic carbocycles. The fourth-order valence-corrected chi connectivity index (χ4v) is 2.10. The van der Waals surface area contributed by atoms with E-state index in [0.717, 1.165) is 23.8 Å². The van der Waals surface area contributed by atoms with Crippen LogP contribution >= 0.6 is 0 Å². The molecule has 20 heavy (non-hydrogen) atoms. The monoisotopic (exact) mass is 272 g/mol. The lowest BCUT2D eigenvalue weighted by Crippen LogP contribution is -2.26. The normalized spacial score (nSPS) is 10.3. The number of hydrogen-bond acceptors (Lipinski definition) is 3. The Hall–Kier alpha value is -2.23. The van der Waals surface area contributed by atoms with Gasteiger partial charge in [0.05, 0.1) is 12.1 Å². The Bertz CT molecular complexity index is 590. The van der Waals surface area contributed by atoms with Crippen LogP contribution in [0.15, 0.2) is 40.8 Å². The van der Waals surface area contributed by atoms with Crippen LogP contribution in [-0.4, -0.2) is 24.4 Å². The lowest BCUT2D eigenvalue weighted by atomic mass is 10.1. The first-order valence-electron chi connectivity index (χ1n) is 6.75. The zero-order chi connectivity index (χ0) is 14.5. The molecule has 0 spiro atoms. The van der Waals surface area contributed by atoms with Gasteiger partial charge in [-0.2, -0.15) is 0 Å². The second kappa shape index (κ2) is 6.28. The summed E-state index contributed by atoms with van der Waals surface area (Å²) in [5, 5.41) is 3.21. The average molecular weight is 272 g/mol. The van der Waals surface area contributed by atoms with Gasteiger partial charge in [0.15, 0.2) is 0 Å². The number of aryl methyl sites for hydroxylation is 1. The number of nitrogens with zero attached hydrogens (tertiary/aromatic N) is 1. The topological polar surface area (TPSA) is 45.5 Å². The zero-order valence-electron chi connectivity index (χ0n) is 12.1. The molecule has 4 heteroatoms. The van der Waals surface area contributed by atoms with E-state index in [1.165, 1.54) is 0 Å². The van der Waals surface area contributed by atoms with Crippen molar-refractivity contribution in [2.75, 3.05) is 18.9 Å². The minimum atomic E-state index is -0.0180. The Kier molecular flexibility index (Phi) is 4.45. The number of anilines is 1. The van der Waals surface area contributed by atoms with E-state index in [1.54, 1.807) is 11.9 Å². The maximum Gasteiger partial charge on any atom is 0.256 e. The fourth-order valence-electron chi connectivity index (χ4n) is 2.10. The SMILES string of the molecule is CCNc1ccccc1C(=O)N(C)Cc1ccc(C)o1. The maximum atomic E-state index is 12.5. The molecular formula is C16H20N2O2. The van der Waals surface area contributed by atoms with Gasteiger partial charge in [-0.1, -0.05) is 12.1 Å². The molecular weight excluding hydrogens is 252 g/mol. The van der Waals surface area contributed by atoms with Crippen molar-refractivity contribution in [3.8, 4) is 0 Å². The number of nitrogens with one attached hydrogen (secondary N) is 1. The molecule has 0 unspecified atom stereocenters. The predicted molar refractivity (Wildman–Crippen MR) is 79.8 cm³/mol. The largest absolute Gasteiger partial charge is 0.464 e. The summed E-state index contributed by atoms with van der Waals surface area (Å²) >= 11 is 0. The number of hydrogen-bond donors (Lipinski definition) is 1. The number of amides is 1. The third-order valence-corrected chi connectivity index (χ3v) is 3.06. The summed E-state index contributed by atoms with van der Waals surface area (Å²) in [5.74, 6) is 1.63. The van der Waals surface area contributed by atoms with Crippen molar-refractivity contribution in [2.24, 2.45) is 0 Å². The summed E-state index contributed by atoms with van der Waals surface area (Å²) < 4.78 is 5.51. The van der Waals surface area contributed by atoms with Crippen LogP contribution in [0.25, 0.3) is 0 Å². The third kappa shape index (κ3) is 3.20. The minimum absolute atomic E-state index is 0.0180. The van der Waals surface area contributed by atoms with Crippen LogP contribution in [0.1, 0.15) is 28.8 Å². The molecule has 0 atom stereocenters. The summed E-state index contributed by atoms with van der Waals surface area (Å²) in [5.41, 5.74) is 1.54. The molecule has 0 aliphatic rings. The van der Waals surface area contributed by atoms with E-state index >= 15 is 0 Å². The van der Waals surface area contributed by atoms with Gasteiger partial charge in [0, 0.05) is 19.3 Å². The molecule has 1 aromatic heterocycles. The van der Waals surface area contributed by atoms with Crippen molar-refractivity contribution in [1.29, 1.82) is 0 Å². The molecule has 0 radical (unpaired) electrons. The van der Waals surface area contributed by atoms with Gasteiger partial charge in [-0.05, 0) is 38.1 Å². The van der Waals surface area contributed by atoms with E-state index < -0.39 is 0 Å². The van der Waals surface area contributed by atoms with Crippen LogP contribution in [-0.2, 0) is 6.54 Å². The Balaban J connectivity index is 2.14. The van der Waals surface area contributed by atoms with Gasteiger partial charge in [0.25, 0.3) is 5.91 Å². The molecule has 0 saturated heterocycles. The van der Waals surface area contributed by atoms with E-state index in [2.05, 4.69) is 5.32 Å². The molecule has 0 fully saturated rings. The Morgan fingerprint density at radius 3 is 2.65 bits per heavy atom. The number of para-hydroxylation sites is 1. The molecule has 1 amide bonds.